The average molecular weight is 354 g/mol. The van der Waals surface area contributed by atoms with E-state index in [4.69, 9.17) is 0 Å². The minimum absolute atomic E-state index is 0.119. The molecule has 1 amide bonds. The summed E-state index contributed by atoms with van der Waals surface area (Å²) in [5.41, 5.74) is 0.349. The molecule has 0 radical (unpaired) electrons. The topological polar surface area (TPSA) is 101 Å². The number of aromatic nitrogens is 2. The number of nitrogens with zero attached hydrogens (tertiary/aromatic N) is 2. The van der Waals surface area contributed by atoms with E-state index >= 15 is 0 Å². The van der Waals surface area contributed by atoms with Crippen LogP contribution in [0, 0.1) is 0 Å². The van der Waals surface area contributed by atoms with Crippen molar-refractivity contribution in [1.29, 1.82) is 0 Å². The third-order valence-corrected chi connectivity index (χ3v) is 5.62. The molecule has 0 fully saturated rings. The van der Waals surface area contributed by atoms with Crippen molar-refractivity contribution in [3.8, 4) is 0 Å². The van der Waals surface area contributed by atoms with Crippen molar-refractivity contribution in [2.24, 2.45) is 0 Å². The molecule has 0 saturated carbocycles. The smallest absolute Gasteiger partial charge is 0.257 e. The Bertz CT molecular complexity index is 783. The number of anilines is 1. The molecule has 0 atom stereocenters. The summed E-state index contributed by atoms with van der Waals surface area (Å²) in [5.74, 6) is -0.113. The first kappa shape index (κ1) is 17.5. The second-order valence-electron chi connectivity index (χ2n) is 5.08. The van der Waals surface area contributed by atoms with Crippen LogP contribution in [0.1, 0.15) is 42.1 Å². The molecule has 1 aromatic heterocycles. The second-order valence-corrected chi connectivity index (χ2v) is 7.86. The van der Waals surface area contributed by atoms with Crippen molar-refractivity contribution in [3.63, 3.8) is 0 Å². The number of hydrogen-bond acceptors (Lipinski definition) is 6. The summed E-state index contributed by atoms with van der Waals surface area (Å²) in [4.78, 5) is 12.3. The summed E-state index contributed by atoms with van der Waals surface area (Å²) >= 11 is 1.32. The monoisotopic (exact) mass is 354 g/mol. The van der Waals surface area contributed by atoms with Gasteiger partial charge in [0.05, 0.1) is 4.90 Å². The largest absolute Gasteiger partial charge is 0.296 e. The number of amides is 1. The normalized spacial score (nSPS) is 11.7. The number of sulfonamides is 1. The molecule has 0 aliphatic rings. The highest BCUT2D eigenvalue weighted by atomic mass is 32.2. The fourth-order valence-corrected chi connectivity index (χ4v) is 3.53. The lowest BCUT2D eigenvalue weighted by Crippen LogP contribution is -2.23. The molecular weight excluding hydrogens is 336 g/mol. The first-order chi connectivity index (χ1) is 10.8. The fourth-order valence-electron chi connectivity index (χ4n) is 1.75. The molecule has 0 aliphatic heterocycles. The Kier molecular flexibility index (Phi) is 5.45. The zero-order valence-electron chi connectivity index (χ0n) is 13.0. The van der Waals surface area contributed by atoms with Gasteiger partial charge in [-0.1, -0.05) is 32.1 Å². The Morgan fingerprint density at radius 3 is 2.39 bits per heavy atom. The van der Waals surface area contributed by atoms with Crippen LogP contribution in [0.3, 0.4) is 0 Å². The highest BCUT2D eigenvalue weighted by Gasteiger charge is 2.15. The summed E-state index contributed by atoms with van der Waals surface area (Å²) in [6.45, 7) is 6.00. The maximum absolute atomic E-state index is 12.1. The predicted octanol–water partition coefficient (Wildman–Crippen LogP) is 2.21. The molecular formula is C14H18N4O3S2. The van der Waals surface area contributed by atoms with E-state index in [2.05, 4.69) is 20.2 Å². The van der Waals surface area contributed by atoms with E-state index in [1.807, 2.05) is 13.8 Å². The van der Waals surface area contributed by atoms with Crippen LogP contribution >= 0.6 is 11.3 Å². The minimum atomic E-state index is -3.52. The fraction of sp³-hybridized carbons (Fsp3) is 0.357. The first-order valence-electron chi connectivity index (χ1n) is 7.08. The molecule has 1 aromatic carbocycles. The number of nitrogens with one attached hydrogen (secondary N) is 2. The van der Waals surface area contributed by atoms with Crippen LogP contribution < -0.4 is 10.0 Å². The Hall–Kier alpha value is -1.84. The van der Waals surface area contributed by atoms with Gasteiger partial charge in [-0.15, -0.1) is 10.2 Å². The molecule has 1 heterocycles. The molecule has 0 saturated heterocycles. The molecule has 2 rings (SSSR count). The standard InChI is InChI=1S/C14H18N4O3S2/c1-4-15-23(20,21)11-7-5-10(6-8-11)12(19)16-14-18-17-13(22-14)9(2)3/h5-9,15H,4H2,1-3H3,(H,16,18,19). The lowest BCUT2D eigenvalue weighted by atomic mass is 10.2. The number of hydrogen-bond donors (Lipinski definition) is 2. The Morgan fingerprint density at radius 2 is 1.87 bits per heavy atom. The van der Waals surface area contributed by atoms with Crippen LogP contribution in [0.5, 0.6) is 0 Å². The molecule has 7 nitrogen and oxygen atoms in total. The van der Waals surface area contributed by atoms with Crippen LogP contribution in [-0.2, 0) is 10.0 Å². The van der Waals surface area contributed by atoms with Crippen LogP contribution in [0.2, 0.25) is 0 Å². The van der Waals surface area contributed by atoms with Gasteiger partial charge in [0.15, 0.2) is 0 Å². The molecule has 23 heavy (non-hydrogen) atoms. The van der Waals surface area contributed by atoms with Crippen LogP contribution in [0.4, 0.5) is 5.13 Å². The molecule has 2 N–H and O–H groups in total. The SMILES string of the molecule is CCNS(=O)(=O)c1ccc(C(=O)Nc2nnc(C(C)C)s2)cc1. The van der Waals surface area contributed by atoms with Crippen LogP contribution in [0.25, 0.3) is 0 Å². The first-order valence-corrected chi connectivity index (χ1v) is 9.38. The van der Waals surface area contributed by atoms with Gasteiger partial charge < -0.3 is 0 Å². The van der Waals surface area contributed by atoms with Crippen LogP contribution in [0.15, 0.2) is 29.2 Å². The van der Waals surface area contributed by atoms with E-state index in [9.17, 15) is 13.2 Å². The van der Waals surface area contributed by atoms with E-state index in [0.29, 0.717) is 17.2 Å². The maximum Gasteiger partial charge on any atom is 0.257 e. The van der Waals surface area contributed by atoms with Crippen molar-refractivity contribution in [3.05, 3.63) is 34.8 Å². The molecule has 0 unspecified atom stereocenters. The molecule has 0 spiro atoms. The van der Waals surface area contributed by atoms with E-state index in [0.717, 1.165) is 5.01 Å². The van der Waals surface area contributed by atoms with Gasteiger partial charge in [0, 0.05) is 18.0 Å². The van der Waals surface area contributed by atoms with Gasteiger partial charge >= 0.3 is 0 Å². The molecule has 124 valence electrons. The van der Waals surface area contributed by atoms with E-state index in [1.54, 1.807) is 6.92 Å². The molecule has 2 aromatic rings. The summed E-state index contributed by atoms with van der Waals surface area (Å²) in [6, 6.07) is 5.72. The Morgan fingerprint density at radius 1 is 1.22 bits per heavy atom. The number of carbonyl (C=O) groups excluding carboxylic acids is 1. The Labute approximate surface area is 139 Å². The van der Waals surface area contributed by atoms with Gasteiger partial charge in [-0.3, -0.25) is 10.1 Å². The lowest BCUT2D eigenvalue weighted by Gasteiger charge is -2.05. The summed E-state index contributed by atoms with van der Waals surface area (Å²) < 4.78 is 26.1. The average Bonchev–Trinajstić information content (AvgIpc) is 2.96. The highest BCUT2D eigenvalue weighted by molar-refractivity contribution is 7.89. The molecule has 9 heteroatoms. The van der Waals surface area contributed by atoms with Gasteiger partial charge in [-0.05, 0) is 24.3 Å². The van der Waals surface area contributed by atoms with Crippen molar-refractivity contribution >= 4 is 32.4 Å². The van der Waals surface area contributed by atoms with Gasteiger partial charge in [0.1, 0.15) is 5.01 Å². The van der Waals surface area contributed by atoms with E-state index in [1.165, 1.54) is 35.6 Å². The van der Waals surface area contributed by atoms with Gasteiger partial charge in [0.25, 0.3) is 5.91 Å². The maximum atomic E-state index is 12.1. The number of carbonyl (C=O) groups is 1. The third-order valence-electron chi connectivity index (χ3n) is 2.92. The van der Waals surface area contributed by atoms with Crippen molar-refractivity contribution < 1.29 is 13.2 Å². The summed E-state index contributed by atoms with van der Waals surface area (Å²) in [6.07, 6.45) is 0. The minimum Gasteiger partial charge on any atom is -0.296 e. The van der Waals surface area contributed by atoms with Gasteiger partial charge in [-0.25, -0.2) is 13.1 Å². The molecule has 0 aliphatic carbocycles. The summed E-state index contributed by atoms with van der Waals surface area (Å²) in [7, 11) is -3.52. The number of benzene rings is 1. The van der Waals surface area contributed by atoms with E-state index < -0.39 is 10.0 Å². The van der Waals surface area contributed by atoms with Crippen LogP contribution in [-0.4, -0.2) is 31.1 Å². The van der Waals surface area contributed by atoms with Crippen molar-refractivity contribution in [2.45, 2.75) is 31.6 Å². The van der Waals surface area contributed by atoms with Crippen molar-refractivity contribution in [1.82, 2.24) is 14.9 Å². The second kappa shape index (κ2) is 7.16. The molecule has 0 bridgehead atoms. The third kappa shape index (κ3) is 4.34. The van der Waals surface area contributed by atoms with Gasteiger partial charge in [-0.2, -0.15) is 0 Å². The lowest BCUT2D eigenvalue weighted by molar-refractivity contribution is 0.102. The zero-order chi connectivity index (χ0) is 17.0. The number of rotatable bonds is 6. The van der Waals surface area contributed by atoms with E-state index in [-0.39, 0.29) is 16.7 Å². The predicted molar refractivity (Wildman–Crippen MR) is 89.3 cm³/mol. The quantitative estimate of drug-likeness (QED) is 0.828. The highest BCUT2D eigenvalue weighted by Crippen LogP contribution is 2.23. The zero-order valence-corrected chi connectivity index (χ0v) is 14.7. The summed E-state index contributed by atoms with van der Waals surface area (Å²) in [5, 5.41) is 11.8. The van der Waals surface area contributed by atoms with Crippen molar-refractivity contribution in [2.75, 3.05) is 11.9 Å². The van der Waals surface area contributed by atoms with Gasteiger partial charge in [0.2, 0.25) is 15.2 Å². The Balaban J connectivity index is 2.11.